The average Bonchev–Trinajstić information content (AvgIpc) is 2.19. The Morgan fingerprint density at radius 1 is 1.50 bits per heavy atom. The Bertz CT molecular complexity index is 158. The van der Waals surface area contributed by atoms with E-state index >= 15 is 0 Å². The molecule has 0 saturated carbocycles. The van der Waals surface area contributed by atoms with Gasteiger partial charge in [0.2, 0.25) is 0 Å². The van der Waals surface area contributed by atoms with Gasteiger partial charge in [-0.15, -0.1) is 0 Å². The van der Waals surface area contributed by atoms with E-state index in [1.807, 2.05) is 11.8 Å². The maximum absolute atomic E-state index is 9.42. The molecule has 1 aliphatic heterocycles. The van der Waals surface area contributed by atoms with E-state index in [4.69, 9.17) is 0 Å². The third-order valence-corrected chi connectivity index (χ3v) is 4.02. The summed E-state index contributed by atoms with van der Waals surface area (Å²) in [6, 6.07) is 0. The predicted octanol–water partition coefficient (Wildman–Crippen LogP) is 0.396. The van der Waals surface area contributed by atoms with E-state index in [1.165, 1.54) is 12.2 Å². The zero-order valence-electron chi connectivity index (χ0n) is 9.25. The molecule has 0 radical (unpaired) electrons. The van der Waals surface area contributed by atoms with Gasteiger partial charge in [0, 0.05) is 18.8 Å². The summed E-state index contributed by atoms with van der Waals surface area (Å²) in [5.41, 5.74) is -0.00106. The minimum atomic E-state index is -0.00106. The van der Waals surface area contributed by atoms with Crippen molar-refractivity contribution in [3.05, 3.63) is 0 Å². The Kier molecular flexibility index (Phi) is 5.23. The molecule has 1 atom stereocenters. The lowest BCUT2D eigenvalue weighted by atomic mass is 9.96. The summed E-state index contributed by atoms with van der Waals surface area (Å²) in [5, 5.41) is 12.9. The summed E-state index contributed by atoms with van der Waals surface area (Å²) in [4.78, 5) is 2.16. The van der Waals surface area contributed by atoms with Crippen molar-refractivity contribution in [2.75, 3.05) is 45.3 Å². The number of nitrogens with one attached hydrogen (secondary N) is 1. The molecule has 1 heterocycles. The van der Waals surface area contributed by atoms with Crippen molar-refractivity contribution in [1.29, 1.82) is 0 Å². The van der Waals surface area contributed by atoms with Gasteiger partial charge < -0.3 is 15.3 Å². The fourth-order valence-corrected chi connectivity index (χ4v) is 2.94. The Morgan fingerprint density at radius 2 is 2.29 bits per heavy atom. The van der Waals surface area contributed by atoms with Gasteiger partial charge in [0.25, 0.3) is 0 Å². The van der Waals surface area contributed by atoms with Crippen LogP contribution in [0.25, 0.3) is 0 Å². The summed E-state index contributed by atoms with van der Waals surface area (Å²) in [7, 11) is 4.14. The maximum Gasteiger partial charge on any atom is 0.0621 e. The van der Waals surface area contributed by atoms with Crippen LogP contribution in [0.3, 0.4) is 0 Å². The molecular weight excluding hydrogens is 196 g/mol. The molecule has 1 saturated heterocycles. The van der Waals surface area contributed by atoms with E-state index < -0.39 is 0 Å². The lowest BCUT2D eigenvalue weighted by Crippen LogP contribution is -2.53. The van der Waals surface area contributed by atoms with Crippen LogP contribution in [0.5, 0.6) is 0 Å². The molecule has 1 rings (SSSR count). The molecule has 84 valence electrons. The Hall–Kier alpha value is 0.230. The third-order valence-electron chi connectivity index (χ3n) is 2.68. The topological polar surface area (TPSA) is 35.5 Å². The number of nitrogens with zero attached hydrogens (tertiary/aromatic N) is 1. The molecule has 0 bridgehead atoms. The molecule has 2 N–H and O–H groups in total. The second-order valence-corrected chi connectivity index (χ2v) is 5.43. The van der Waals surface area contributed by atoms with Crippen molar-refractivity contribution < 1.29 is 5.11 Å². The number of aliphatic hydroxyl groups is 1. The molecule has 1 unspecified atom stereocenters. The number of thioether (sulfide) groups is 1. The van der Waals surface area contributed by atoms with E-state index in [1.54, 1.807) is 0 Å². The zero-order chi connectivity index (χ0) is 10.4. The van der Waals surface area contributed by atoms with Gasteiger partial charge in [-0.3, -0.25) is 0 Å². The van der Waals surface area contributed by atoms with Crippen LogP contribution in [0.4, 0.5) is 0 Å². The molecule has 14 heavy (non-hydrogen) atoms. The van der Waals surface area contributed by atoms with Crippen molar-refractivity contribution in [3.8, 4) is 0 Å². The van der Waals surface area contributed by atoms with E-state index in [-0.39, 0.29) is 12.1 Å². The molecular formula is C10H22N2OS. The standard InChI is InChI=1S/C10H22N2OS/c1-12(2)6-5-11-10(8-13)4-3-7-14-9-10/h11,13H,3-9H2,1-2H3. The molecule has 0 amide bonds. The molecule has 4 heteroatoms. The van der Waals surface area contributed by atoms with Gasteiger partial charge >= 0.3 is 0 Å². The normalized spacial score (nSPS) is 28.3. The second kappa shape index (κ2) is 5.95. The largest absolute Gasteiger partial charge is 0.394 e. The van der Waals surface area contributed by atoms with Crippen LogP contribution in [0.1, 0.15) is 12.8 Å². The molecule has 0 aliphatic carbocycles. The average molecular weight is 218 g/mol. The summed E-state index contributed by atoms with van der Waals surface area (Å²) >= 11 is 1.95. The van der Waals surface area contributed by atoms with Gasteiger partial charge in [-0.2, -0.15) is 11.8 Å². The summed E-state index contributed by atoms with van der Waals surface area (Å²) < 4.78 is 0. The van der Waals surface area contributed by atoms with E-state index in [0.717, 1.165) is 25.3 Å². The van der Waals surface area contributed by atoms with Gasteiger partial charge in [0.05, 0.1) is 12.1 Å². The van der Waals surface area contributed by atoms with E-state index in [2.05, 4.69) is 24.3 Å². The number of hydrogen-bond acceptors (Lipinski definition) is 4. The van der Waals surface area contributed by atoms with Crippen molar-refractivity contribution >= 4 is 11.8 Å². The first-order chi connectivity index (χ1) is 6.68. The van der Waals surface area contributed by atoms with Crippen molar-refractivity contribution in [3.63, 3.8) is 0 Å². The first kappa shape index (κ1) is 12.3. The minimum absolute atomic E-state index is 0.00106. The predicted molar refractivity (Wildman–Crippen MR) is 62.9 cm³/mol. The molecule has 3 nitrogen and oxygen atoms in total. The first-order valence-electron chi connectivity index (χ1n) is 5.27. The van der Waals surface area contributed by atoms with Crippen molar-refractivity contribution in [1.82, 2.24) is 10.2 Å². The number of rotatable bonds is 5. The number of aliphatic hydroxyl groups excluding tert-OH is 1. The van der Waals surface area contributed by atoms with Gasteiger partial charge in [0.1, 0.15) is 0 Å². The highest BCUT2D eigenvalue weighted by Gasteiger charge is 2.30. The number of hydrogen-bond donors (Lipinski definition) is 2. The summed E-state index contributed by atoms with van der Waals surface area (Å²) in [6.07, 6.45) is 2.34. The second-order valence-electron chi connectivity index (χ2n) is 4.32. The van der Waals surface area contributed by atoms with Crippen LogP contribution in [0.15, 0.2) is 0 Å². The maximum atomic E-state index is 9.42. The lowest BCUT2D eigenvalue weighted by Gasteiger charge is -2.36. The lowest BCUT2D eigenvalue weighted by molar-refractivity contribution is 0.163. The quantitative estimate of drug-likeness (QED) is 0.700. The molecule has 1 aliphatic rings. The highest BCUT2D eigenvalue weighted by atomic mass is 32.2. The Balaban J connectivity index is 2.29. The fraction of sp³-hybridized carbons (Fsp3) is 1.00. The van der Waals surface area contributed by atoms with Crippen molar-refractivity contribution in [2.45, 2.75) is 18.4 Å². The van der Waals surface area contributed by atoms with Crippen LogP contribution in [-0.2, 0) is 0 Å². The van der Waals surface area contributed by atoms with Crippen LogP contribution in [0.2, 0.25) is 0 Å². The first-order valence-corrected chi connectivity index (χ1v) is 6.42. The van der Waals surface area contributed by atoms with Gasteiger partial charge in [-0.1, -0.05) is 0 Å². The van der Waals surface area contributed by atoms with Crippen LogP contribution in [-0.4, -0.2) is 60.8 Å². The van der Waals surface area contributed by atoms with E-state index in [9.17, 15) is 5.11 Å². The Labute approximate surface area is 91.2 Å². The minimum Gasteiger partial charge on any atom is -0.394 e. The van der Waals surface area contributed by atoms with E-state index in [0.29, 0.717) is 0 Å². The highest BCUT2D eigenvalue weighted by Crippen LogP contribution is 2.26. The monoisotopic (exact) mass is 218 g/mol. The Morgan fingerprint density at radius 3 is 2.79 bits per heavy atom. The third kappa shape index (κ3) is 3.77. The van der Waals surface area contributed by atoms with Crippen LogP contribution in [0, 0.1) is 0 Å². The molecule has 0 aromatic carbocycles. The van der Waals surface area contributed by atoms with Crippen molar-refractivity contribution in [2.24, 2.45) is 0 Å². The fourth-order valence-electron chi connectivity index (χ4n) is 1.72. The van der Waals surface area contributed by atoms with Gasteiger partial charge in [-0.25, -0.2) is 0 Å². The molecule has 0 aromatic heterocycles. The highest BCUT2D eigenvalue weighted by molar-refractivity contribution is 7.99. The number of likely N-dealkylation sites (N-methyl/N-ethyl adjacent to an activating group) is 1. The molecule has 0 aromatic rings. The summed E-state index contributed by atoms with van der Waals surface area (Å²) in [6.45, 7) is 2.27. The summed E-state index contributed by atoms with van der Waals surface area (Å²) in [5.74, 6) is 2.30. The SMILES string of the molecule is CN(C)CCNC1(CO)CCCSC1. The van der Waals surface area contributed by atoms with Gasteiger partial charge in [-0.05, 0) is 32.7 Å². The van der Waals surface area contributed by atoms with Gasteiger partial charge in [0.15, 0.2) is 0 Å². The van der Waals surface area contributed by atoms with Crippen LogP contribution >= 0.6 is 11.8 Å². The molecule has 1 fully saturated rings. The van der Waals surface area contributed by atoms with Crippen LogP contribution < -0.4 is 5.32 Å². The zero-order valence-corrected chi connectivity index (χ0v) is 10.1. The smallest absolute Gasteiger partial charge is 0.0621 e. The molecule has 0 spiro atoms.